The molecule has 0 aromatic rings. The second-order valence-corrected chi connectivity index (χ2v) is 5.13. The zero-order valence-electron chi connectivity index (χ0n) is 7.63. The third kappa shape index (κ3) is 2.81. The van der Waals surface area contributed by atoms with Gasteiger partial charge < -0.3 is 9.36 Å². The molecule has 0 fully saturated rings. The van der Waals surface area contributed by atoms with E-state index in [0.717, 1.165) is 0 Å². The molecule has 0 saturated heterocycles. The maximum atomic E-state index is 9.42. The van der Waals surface area contributed by atoms with Crippen LogP contribution < -0.4 is 0 Å². The first kappa shape index (κ1) is 10.1. The van der Waals surface area contributed by atoms with Gasteiger partial charge in [-0.2, -0.15) is 0 Å². The summed E-state index contributed by atoms with van der Waals surface area (Å²) in [4.78, 5) is 9.42. The molecule has 0 aromatic heterocycles. The predicted molar refractivity (Wildman–Crippen MR) is 47.3 cm³/mol. The van der Waals surface area contributed by atoms with E-state index in [4.69, 9.17) is 0 Å². The Morgan fingerprint density at radius 2 is 1.40 bits per heavy atom. The van der Waals surface area contributed by atoms with E-state index in [2.05, 4.69) is 32.3 Å². The molecule has 1 atom stereocenters. The molecule has 0 radical (unpaired) electrons. The van der Waals surface area contributed by atoms with Crippen molar-refractivity contribution in [2.45, 2.75) is 46.3 Å². The smallest absolute Gasteiger partial charge is 0.248 e. The number of hydrogen-bond acceptors (Lipinski definition) is 2. The summed E-state index contributed by atoms with van der Waals surface area (Å²) in [5, 5.41) is 0. The topological polar surface area (TPSA) is 23.5 Å². The second-order valence-electron chi connectivity index (χ2n) is 3.27. The van der Waals surface area contributed by atoms with Crippen LogP contribution in [0.1, 0.15) is 27.7 Å². The average Bonchev–Trinajstić information content (AvgIpc) is 1.59. The van der Waals surface area contributed by atoms with Crippen molar-refractivity contribution in [1.29, 1.82) is 0 Å². The van der Waals surface area contributed by atoms with E-state index in [1.54, 1.807) is 0 Å². The number of hydrogen-bond donors (Lipinski definition) is 1. The van der Waals surface area contributed by atoms with Crippen LogP contribution in [0.3, 0.4) is 0 Å². The van der Waals surface area contributed by atoms with Gasteiger partial charge in [-0.3, -0.25) is 0 Å². The molecule has 62 valence electrons. The van der Waals surface area contributed by atoms with Gasteiger partial charge in [0, 0.05) is 0 Å². The Morgan fingerprint density at radius 3 is 1.40 bits per heavy atom. The van der Waals surface area contributed by atoms with Crippen LogP contribution in [0.5, 0.6) is 0 Å². The van der Waals surface area contributed by atoms with Gasteiger partial charge in [0.05, 0.1) is 0 Å². The van der Waals surface area contributed by atoms with Gasteiger partial charge in [0.25, 0.3) is 0 Å². The van der Waals surface area contributed by atoms with E-state index in [9.17, 15) is 4.80 Å². The first-order chi connectivity index (χ1) is 4.46. The van der Waals surface area contributed by atoms with Crippen molar-refractivity contribution in [3.63, 3.8) is 0 Å². The molecule has 1 unspecified atom stereocenters. The van der Waals surface area contributed by atoms with Gasteiger partial charge in [-0.15, -0.1) is 0 Å². The van der Waals surface area contributed by atoms with Crippen LogP contribution in [0.25, 0.3) is 0 Å². The van der Waals surface area contributed by atoms with Crippen LogP contribution in [0.15, 0.2) is 0 Å². The summed E-state index contributed by atoms with van der Waals surface area (Å²) in [7, 11) is -1.57. The molecule has 0 aliphatic heterocycles. The molecule has 10 heavy (non-hydrogen) atoms. The number of rotatable bonds is 3. The fourth-order valence-corrected chi connectivity index (χ4v) is 3.19. The van der Waals surface area contributed by atoms with Gasteiger partial charge in [0.2, 0.25) is 9.20 Å². The zero-order valence-corrected chi connectivity index (χ0v) is 8.78. The highest BCUT2D eigenvalue weighted by atomic mass is 28.3. The molecule has 0 saturated carbocycles. The quantitative estimate of drug-likeness (QED) is 0.623. The normalized spacial score (nSPS) is 15.3. The lowest BCUT2D eigenvalue weighted by atomic mass is 10.3. The molecule has 0 bridgehead atoms. The molecular formula is C7H19NOSi. The lowest BCUT2D eigenvalue weighted by molar-refractivity contribution is 0.266. The Balaban J connectivity index is 3.98. The van der Waals surface area contributed by atoms with Crippen molar-refractivity contribution in [1.82, 2.24) is 4.57 Å². The number of nitrogens with zero attached hydrogens (tertiary/aromatic N) is 1. The Kier molecular flexibility index (Phi) is 4.16. The van der Waals surface area contributed by atoms with Crippen molar-refractivity contribution in [2.24, 2.45) is 0 Å². The minimum atomic E-state index is -1.57. The van der Waals surface area contributed by atoms with Gasteiger partial charge >= 0.3 is 0 Å². The molecular weight excluding hydrogens is 142 g/mol. The van der Waals surface area contributed by atoms with E-state index in [-0.39, 0.29) is 0 Å². The SMILES string of the molecule is CC(C)N(C(C)C)[SiH](C)O. The van der Waals surface area contributed by atoms with E-state index >= 15 is 0 Å². The first-order valence-electron chi connectivity index (χ1n) is 3.92. The van der Waals surface area contributed by atoms with Crippen LogP contribution >= 0.6 is 0 Å². The molecule has 2 nitrogen and oxygen atoms in total. The van der Waals surface area contributed by atoms with Gasteiger partial charge in [0.15, 0.2) is 0 Å². The Bertz CT molecular complexity index is 74.6. The van der Waals surface area contributed by atoms with Crippen molar-refractivity contribution in [2.75, 3.05) is 0 Å². The molecule has 0 rings (SSSR count). The van der Waals surface area contributed by atoms with Gasteiger partial charge in [0.1, 0.15) is 0 Å². The second kappa shape index (κ2) is 4.11. The maximum Gasteiger partial charge on any atom is 0.248 e. The fourth-order valence-electron chi connectivity index (χ4n) is 1.46. The van der Waals surface area contributed by atoms with Crippen molar-refractivity contribution >= 4 is 9.20 Å². The summed E-state index contributed by atoms with van der Waals surface area (Å²) >= 11 is 0. The van der Waals surface area contributed by atoms with Crippen LogP contribution in [0.2, 0.25) is 6.55 Å². The molecule has 0 amide bonds. The average molecular weight is 161 g/mol. The summed E-state index contributed by atoms with van der Waals surface area (Å²) in [5.41, 5.74) is 0. The van der Waals surface area contributed by atoms with Crippen molar-refractivity contribution in [3.8, 4) is 0 Å². The largest absolute Gasteiger partial charge is 0.422 e. The molecule has 3 heteroatoms. The predicted octanol–water partition coefficient (Wildman–Crippen LogP) is 0.948. The summed E-state index contributed by atoms with van der Waals surface area (Å²) in [6.07, 6.45) is 0. The minimum absolute atomic E-state index is 0.478. The third-order valence-corrected chi connectivity index (χ3v) is 3.68. The molecule has 0 heterocycles. The summed E-state index contributed by atoms with van der Waals surface area (Å²) < 4.78 is 2.19. The van der Waals surface area contributed by atoms with Gasteiger partial charge in [-0.1, -0.05) is 27.7 Å². The van der Waals surface area contributed by atoms with E-state index in [1.165, 1.54) is 0 Å². The Hall–Kier alpha value is 0.137. The standard InChI is InChI=1S/C7H19NOSi/c1-6(2)8(7(3)4)10(5)9/h6-7,9-10H,1-5H3. The molecule has 0 spiro atoms. The van der Waals surface area contributed by atoms with Crippen molar-refractivity contribution in [3.05, 3.63) is 0 Å². The fraction of sp³-hybridized carbons (Fsp3) is 1.00. The van der Waals surface area contributed by atoms with Crippen LogP contribution in [0, 0.1) is 0 Å². The highest BCUT2D eigenvalue weighted by Crippen LogP contribution is 2.05. The van der Waals surface area contributed by atoms with Crippen LogP contribution in [0.4, 0.5) is 0 Å². The molecule has 0 aliphatic carbocycles. The van der Waals surface area contributed by atoms with Gasteiger partial charge in [-0.05, 0) is 18.6 Å². The summed E-state index contributed by atoms with van der Waals surface area (Å²) in [6.45, 7) is 10.4. The zero-order chi connectivity index (χ0) is 8.31. The summed E-state index contributed by atoms with van der Waals surface area (Å²) in [5.74, 6) is 0. The first-order valence-corrected chi connectivity index (χ1v) is 6.11. The van der Waals surface area contributed by atoms with Gasteiger partial charge in [-0.25, -0.2) is 0 Å². The van der Waals surface area contributed by atoms with Crippen LogP contribution in [-0.2, 0) is 0 Å². The Morgan fingerprint density at radius 1 is 1.10 bits per heavy atom. The minimum Gasteiger partial charge on any atom is -0.422 e. The Labute approximate surface area is 65.7 Å². The monoisotopic (exact) mass is 161 g/mol. The molecule has 1 N–H and O–H groups in total. The molecule has 0 aliphatic rings. The summed E-state index contributed by atoms with van der Waals surface area (Å²) in [6, 6.07) is 0.957. The lowest BCUT2D eigenvalue weighted by Gasteiger charge is -2.32. The van der Waals surface area contributed by atoms with E-state index in [0.29, 0.717) is 12.1 Å². The van der Waals surface area contributed by atoms with Crippen LogP contribution in [-0.4, -0.2) is 30.6 Å². The van der Waals surface area contributed by atoms with E-state index in [1.807, 2.05) is 6.55 Å². The molecule has 0 aromatic carbocycles. The lowest BCUT2D eigenvalue weighted by Crippen LogP contribution is -2.46. The highest BCUT2D eigenvalue weighted by molar-refractivity contribution is 6.45. The maximum absolute atomic E-state index is 9.42. The highest BCUT2D eigenvalue weighted by Gasteiger charge is 2.18. The van der Waals surface area contributed by atoms with Crippen molar-refractivity contribution < 1.29 is 4.80 Å². The van der Waals surface area contributed by atoms with E-state index < -0.39 is 9.20 Å². The third-order valence-electron chi connectivity index (χ3n) is 1.62.